The minimum absolute atomic E-state index is 0.124. The Morgan fingerprint density at radius 3 is 2.74 bits per heavy atom. The average molecular weight is 293 g/mol. The highest BCUT2D eigenvalue weighted by atomic mass is 35.5. The number of carbonyl (C=O) groups is 1. The molecule has 1 amide bonds. The molecule has 0 aromatic heterocycles. The summed E-state index contributed by atoms with van der Waals surface area (Å²) in [6, 6.07) is 2.95. The second-order valence-electron chi connectivity index (χ2n) is 4.30. The third-order valence-electron chi connectivity index (χ3n) is 2.94. The molecule has 1 saturated heterocycles. The summed E-state index contributed by atoms with van der Waals surface area (Å²) in [7, 11) is 0. The van der Waals surface area contributed by atoms with E-state index in [2.05, 4.69) is 10.6 Å². The first-order valence-corrected chi connectivity index (χ1v) is 6.17. The molecule has 104 valence electrons. The molecule has 19 heavy (non-hydrogen) atoms. The van der Waals surface area contributed by atoms with E-state index in [1.165, 1.54) is 12.1 Å². The molecule has 2 N–H and O–H groups in total. The van der Waals surface area contributed by atoms with E-state index in [0.717, 1.165) is 12.5 Å². The molecule has 2 rings (SSSR count). The molecule has 1 heterocycles. The first kappa shape index (κ1) is 14.1. The fraction of sp³-hybridized carbons (Fsp3) is 0.417. The van der Waals surface area contributed by atoms with Gasteiger partial charge in [-0.3, -0.25) is 4.79 Å². The molecular weight excluding hydrogens is 281 g/mol. The van der Waals surface area contributed by atoms with E-state index in [0.29, 0.717) is 13.0 Å². The molecule has 0 radical (unpaired) electrons. The summed E-state index contributed by atoms with van der Waals surface area (Å²) < 4.78 is 38.5. The fourth-order valence-corrected chi connectivity index (χ4v) is 2.23. The van der Waals surface area contributed by atoms with Crippen molar-refractivity contribution in [1.29, 1.82) is 0 Å². The minimum atomic E-state index is -4.56. The van der Waals surface area contributed by atoms with E-state index in [9.17, 15) is 18.0 Å². The van der Waals surface area contributed by atoms with Crippen molar-refractivity contribution < 1.29 is 18.0 Å². The first-order chi connectivity index (χ1) is 8.89. The van der Waals surface area contributed by atoms with Crippen molar-refractivity contribution >= 4 is 23.2 Å². The molecule has 1 fully saturated rings. The van der Waals surface area contributed by atoms with Crippen molar-refractivity contribution in [2.45, 2.75) is 25.1 Å². The second kappa shape index (κ2) is 5.38. The lowest BCUT2D eigenvalue weighted by atomic mass is 10.1. The Morgan fingerprint density at radius 1 is 1.42 bits per heavy atom. The van der Waals surface area contributed by atoms with E-state index in [1.807, 2.05) is 0 Å². The second-order valence-corrected chi connectivity index (χ2v) is 4.71. The number of amides is 1. The Morgan fingerprint density at radius 2 is 2.16 bits per heavy atom. The lowest BCUT2D eigenvalue weighted by Crippen LogP contribution is -2.36. The van der Waals surface area contributed by atoms with Crippen molar-refractivity contribution in [3.05, 3.63) is 28.8 Å². The molecule has 1 aliphatic rings. The summed E-state index contributed by atoms with van der Waals surface area (Å²) in [6.45, 7) is 0.687. The third-order valence-corrected chi connectivity index (χ3v) is 3.26. The molecule has 1 unspecified atom stereocenters. The molecule has 0 bridgehead atoms. The smallest absolute Gasteiger partial charge is 0.323 e. The van der Waals surface area contributed by atoms with Gasteiger partial charge in [-0.05, 0) is 31.5 Å². The zero-order valence-electron chi connectivity index (χ0n) is 9.85. The Kier molecular flexibility index (Phi) is 4.01. The predicted octanol–water partition coefficient (Wildman–Crippen LogP) is 3.05. The molecule has 1 aromatic rings. The van der Waals surface area contributed by atoms with Gasteiger partial charge in [0.2, 0.25) is 5.91 Å². The maximum absolute atomic E-state index is 12.8. The van der Waals surface area contributed by atoms with Gasteiger partial charge < -0.3 is 10.6 Å². The number of alkyl halides is 3. The molecule has 3 nitrogen and oxygen atoms in total. The number of benzene rings is 1. The van der Waals surface area contributed by atoms with Crippen molar-refractivity contribution in [1.82, 2.24) is 5.32 Å². The van der Waals surface area contributed by atoms with Gasteiger partial charge in [0.15, 0.2) is 0 Å². The highest BCUT2D eigenvalue weighted by molar-refractivity contribution is 6.34. The van der Waals surface area contributed by atoms with Crippen LogP contribution in [0.3, 0.4) is 0 Å². The number of nitrogens with one attached hydrogen (secondary N) is 2. The molecule has 1 atom stereocenters. The van der Waals surface area contributed by atoms with Gasteiger partial charge in [-0.1, -0.05) is 17.7 Å². The van der Waals surface area contributed by atoms with E-state index in [1.54, 1.807) is 0 Å². The van der Waals surface area contributed by atoms with Gasteiger partial charge in [0.1, 0.15) is 0 Å². The summed E-state index contributed by atoms with van der Waals surface area (Å²) in [4.78, 5) is 11.8. The molecule has 0 aliphatic carbocycles. The van der Waals surface area contributed by atoms with E-state index >= 15 is 0 Å². The van der Waals surface area contributed by atoms with Crippen LogP contribution in [0.25, 0.3) is 0 Å². The van der Waals surface area contributed by atoms with Crippen LogP contribution in [0.1, 0.15) is 18.4 Å². The third kappa shape index (κ3) is 3.19. The van der Waals surface area contributed by atoms with Crippen LogP contribution in [0.2, 0.25) is 5.02 Å². The number of hydrogen-bond donors (Lipinski definition) is 2. The summed E-state index contributed by atoms with van der Waals surface area (Å²) in [6.07, 6.45) is -3.12. The topological polar surface area (TPSA) is 41.1 Å². The monoisotopic (exact) mass is 292 g/mol. The van der Waals surface area contributed by atoms with Crippen LogP contribution in [-0.2, 0) is 11.0 Å². The van der Waals surface area contributed by atoms with Crippen molar-refractivity contribution in [2.75, 3.05) is 11.9 Å². The van der Waals surface area contributed by atoms with Crippen LogP contribution in [-0.4, -0.2) is 18.5 Å². The lowest BCUT2D eigenvalue weighted by Gasteiger charge is -2.17. The summed E-state index contributed by atoms with van der Waals surface area (Å²) in [5, 5.41) is 5.07. The zero-order chi connectivity index (χ0) is 14.0. The number of anilines is 1. The molecule has 1 aromatic carbocycles. The number of halogens is 4. The maximum Gasteiger partial charge on any atom is 0.418 e. The Bertz CT molecular complexity index is 484. The van der Waals surface area contributed by atoms with Crippen molar-refractivity contribution in [3.8, 4) is 0 Å². The number of para-hydroxylation sites is 1. The van der Waals surface area contributed by atoms with Crippen LogP contribution >= 0.6 is 11.6 Å². The number of carbonyl (C=O) groups excluding carboxylic acids is 1. The van der Waals surface area contributed by atoms with Crippen molar-refractivity contribution in [2.24, 2.45) is 0 Å². The SMILES string of the molecule is O=C(Nc1c(Cl)cccc1C(F)(F)F)C1CCCN1. The highest BCUT2D eigenvalue weighted by Crippen LogP contribution is 2.38. The largest absolute Gasteiger partial charge is 0.418 e. The van der Waals surface area contributed by atoms with Crippen LogP contribution < -0.4 is 10.6 Å². The number of hydrogen-bond acceptors (Lipinski definition) is 2. The van der Waals surface area contributed by atoms with Gasteiger partial charge in [0, 0.05) is 0 Å². The van der Waals surface area contributed by atoms with Gasteiger partial charge >= 0.3 is 6.18 Å². The highest BCUT2D eigenvalue weighted by Gasteiger charge is 2.35. The average Bonchev–Trinajstić information content (AvgIpc) is 2.83. The van der Waals surface area contributed by atoms with Crippen molar-refractivity contribution in [3.63, 3.8) is 0 Å². The summed E-state index contributed by atoms with van der Waals surface area (Å²) >= 11 is 5.75. The normalized spacial score (nSPS) is 19.5. The van der Waals surface area contributed by atoms with E-state index in [4.69, 9.17) is 11.6 Å². The standard InChI is InChI=1S/C12H12ClF3N2O/c13-8-4-1-3-7(12(14,15)16)10(8)18-11(19)9-5-2-6-17-9/h1,3-4,9,17H,2,5-6H2,(H,18,19). The Labute approximate surface area is 113 Å². The van der Waals surface area contributed by atoms with Crippen LogP contribution in [0.4, 0.5) is 18.9 Å². The maximum atomic E-state index is 12.8. The van der Waals surface area contributed by atoms with Gasteiger partial charge in [0.05, 0.1) is 22.3 Å². The zero-order valence-corrected chi connectivity index (χ0v) is 10.6. The Balaban J connectivity index is 2.26. The van der Waals surface area contributed by atoms with Crippen LogP contribution in [0.15, 0.2) is 18.2 Å². The quantitative estimate of drug-likeness (QED) is 0.879. The van der Waals surface area contributed by atoms with Crippen LogP contribution in [0, 0.1) is 0 Å². The first-order valence-electron chi connectivity index (χ1n) is 5.79. The molecule has 1 aliphatic heterocycles. The van der Waals surface area contributed by atoms with Gasteiger partial charge in [0.25, 0.3) is 0 Å². The Hall–Kier alpha value is -1.27. The van der Waals surface area contributed by atoms with Gasteiger partial charge in [-0.15, -0.1) is 0 Å². The number of rotatable bonds is 2. The van der Waals surface area contributed by atoms with Gasteiger partial charge in [-0.2, -0.15) is 13.2 Å². The lowest BCUT2D eigenvalue weighted by molar-refractivity contribution is -0.137. The summed E-state index contributed by atoms with van der Waals surface area (Å²) in [5.74, 6) is -0.490. The van der Waals surface area contributed by atoms with E-state index < -0.39 is 23.7 Å². The predicted molar refractivity (Wildman–Crippen MR) is 66.1 cm³/mol. The summed E-state index contributed by atoms with van der Waals surface area (Å²) in [5.41, 5.74) is -1.32. The fourth-order valence-electron chi connectivity index (χ4n) is 2.01. The van der Waals surface area contributed by atoms with E-state index in [-0.39, 0.29) is 10.7 Å². The molecular formula is C12H12ClF3N2O. The molecule has 0 spiro atoms. The van der Waals surface area contributed by atoms with Crippen LogP contribution in [0.5, 0.6) is 0 Å². The van der Waals surface area contributed by atoms with Gasteiger partial charge in [-0.25, -0.2) is 0 Å². The molecule has 0 saturated carbocycles. The minimum Gasteiger partial charge on any atom is -0.323 e. The molecule has 7 heteroatoms.